The molecule has 0 heterocycles. The molecule has 1 fully saturated rings. The third kappa shape index (κ3) is 4.11. The molecular formula is C13H15Cl2NO3S. The van der Waals surface area contributed by atoms with Crippen molar-refractivity contribution in [2.24, 2.45) is 5.92 Å². The summed E-state index contributed by atoms with van der Waals surface area (Å²) >= 11 is 5.77. The predicted octanol–water partition coefficient (Wildman–Crippen LogP) is 3.19. The first-order valence-electron chi connectivity index (χ1n) is 6.32. The fourth-order valence-electron chi connectivity index (χ4n) is 2.05. The molecule has 1 aromatic carbocycles. The third-order valence-corrected chi connectivity index (χ3v) is 5.02. The van der Waals surface area contributed by atoms with Crippen LogP contribution >= 0.6 is 22.3 Å². The molecule has 4 nitrogen and oxygen atoms in total. The Balaban J connectivity index is 2.13. The van der Waals surface area contributed by atoms with Crippen molar-refractivity contribution in [1.29, 1.82) is 0 Å². The number of hydrogen-bond donors (Lipinski definition) is 1. The number of benzene rings is 1. The van der Waals surface area contributed by atoms with Crippen molar-refractivity contribution in [3.8, 4) is 0 Å². The summed E-state index contributed by atoms with van der Waals surface area (Å²) in [4.78, 5) is 11.8. The van der Waals surface area contributed by atoms with E-state index in [0.717, 1.165) is 6.42 Å². The first-order valence-corrected chi connectivity index (χ1v) is 9.01. The minimum Gasteiger partial charge on any atom is -0.350 e. The van der Waals surface area contributed by atoms with Crippen LogP contribution in [-0.2, 0) is 9.05 Å². The molecular weight excluding hydrogens is 321 g/mol. The van der Waals surface area contributed by atoms with E-state index in [4.69, 9.17) is 22.3 Å². The molecule has 0 aromatic heterocycles. The van der Waals surface area contributed by atoms with Crippen LogP contribution in [-0.4, -0.2) is 20.4 Å². The van der Waals surface area contributed by atoms with Crippen LogP contribution in [0.25, 0.3) is 0 Å². The van der Waals surface area contributed by atoms with Crippen molar-refractivity contribution in [3.63, 3.8) is 0 Å². The molecule has 7 heteroatoms. The number of rotatable bonds is 5. The number of nitrogens with one attached hydrogen (secondary N) is 1. The molecule has 0 bridgehead atoms. The van der Waals surface area contributed by atoms with E-state index in [1.54, 1.807) is 0 Å². The molecule has 110 valence electrons. The largest absolute Gasteiger partial charge is 0.350 e. The van der Waals surface area contributed by atoms with Crippen molar-refractivity contribution >= 4 is 37.2 Å². The zero-order chi connectivity index (χ0) is 14.9. The summed E-state index contributed by atoms with van der Waals surface area (Å²) < 4.78 is 22.7. The van der Waals surface area contributed by atoms with Crippen LogP contribution in [0.15, 0.2) is 23.1 Å². The van der Waals surface area contributed by atoms with Gasteiger partial charge in [0, 0.05) is 22.3 Å². The Hall–Kier alpha value is -0.780. The summed E-state index contributed by atoms with van der Waals surface area (Å²) in [6.45, 7) is 1.94. The van der Waals surface area contributed by atoms with E-state index in [2.05, 4.69) is 5.32 Å². The maximum absolute atomic E-state index is 12.1. The van der Waals surface area contributed by atoms with Crippen LogP contribution in [0.1, 0.15) is 36.5 Å². The van der Waals surface area contributed by atoms with Crippen molar-refractivity contribution in [1.82, 2.24) is 5.32 Å². The van der Waals surface area contributed by atoms with Crippen molar-refractivity contribution in [3.05, 3.63) is 28.8 Å². The van der Waals surface area contributed by atoms with Crippen LogP contribution in [0.2, 0.25) is 5.02 Å². The number of halogens is 2. The average molecular weight is 336 g/mol. The maximum atomic E-state index is 12.1. The van der Waals surface area contributed by atoms with Gasteiger partial charge in [-0.25, -0.2) is 8.42 Å². The molecule has 0 saturated heterocycles. The molecule has 1 N–H and O–H groups in total. The second-order valence-corrected chi connectivity index (χ2v) is 8.08. The third-order valence-electron chi connectivity index (χ3n) is 3.22. The Morgan fingerprint density at radius 2 is 2.10 bits per heavy atom. The predicted molar refractivity (Wildman–Crippen MR) is 78.8 cm³/mol. The lowest BCUT2D eigenvalue weighted by Gasteiger charge is -2.13. The molecule has 1 unspecified atom stereocenters. The number of amides is 1. The summed E-state index contributed by atoms with van der Waals surface area (Å²) in [6.07, 6.45) is 3.38. The Morgan fingerprint density at radius 3 is 2.65 bits per heavy atom. The zero-order valence-electron chi connectivity index (χ0n) is 10.9. The lowest BCUT2D eigenvalue weighted by atomic mass is 10.1. The van der Waals surface area contributed by atoms with Crippen LogP contribution in [0.3, 0.4) is 0 Å². The fraction of sp³-hybridized carbons (Fsp3) is 0.462. The average Bonchev–Trinajstić information content (AvgIpc) is 3.11. The van der Waals surface area contributed by atoms with Gasteiger partial charge in [-0.2, -0.15) is 0 Å². The normalized spacial score (nSPS) is 16.8. The van der Waals surface area contributed by atoms with Gasteiger partial charge in [-0.05, 0) is 37.5 Å². The molecule has 1 aliphatic carbocycles. The van der Waals surface area contributed by atoms with Gasteiger partial charge >= 0.3 is 0 Å². The molecule has 1 aromatic rings. The Labute approximate surface area is 127 Å². The highest BCUT2D eigenvalue weighted by Crippen LogP contribution is 2.33. The fourth-order valence-corrected chi connectivity index (χ4v) is 3.54. The highest BCUT2D eigenvalue weighted by atomic mass is 35.7. The van der Waals surface area contributed by atoms with E-state index >= 15 is 0 Å². The monoisotopic (exact) mass is 335 g/mol. The molecule has 0 radical (unpaired) electrons. The van der Waals surface area contributed by atoms with Crippen molar-refractivity contribution in [2.75, 3.05) is 0 Å². The van der Waals surface area contributed by atoms with Crippen LogP contribution in [0.5, 0.6) is 0 Å². The van der Waals surface area contributed by atoms with Crippen LogP contribution in [0.4, 0.5) is 0 Å². The smallest absolute Gasteiger partial charge is 0.262 e. The Morgan fingerprint density at radius 1 is 1.45 bits per heavy atom. The molecule has 0 aliphatic heterocycles. The molecule has 1 aliphatic rings. The number of hydrogen-bond acceptors (Lipinski definition) is 3. The van der Waals surface area contributed by atoms with Crippen molar-refractivity contribution < 1.29 is 13.2 Å². The summed E-state index contributed by atoms with van der Waals surface area (Å²) in [7, 11) is 1.31. The first kappa shape index (κ1) is 15.6. The zero-order valence-corrected chi connectivity index (χ0v) is 13.2. The Bertz CT molecular complexity index is 627. The van der Waals surface area contributed by atoms with E-state index in [1.165, 1.54) is 31.0 Å². The van der Waals surface area contributed by atoms with Gasteiger partial charge in [0.25, 0.3) is 15.0 Å². The van der Waals surface area contributed by atoms with Crippen LogP contribution < -0.4 is 5.32 Å². The highest BCUT2D eigenvalue weighted by Gasteiger charge is 2.25. The number of carbonyl (C=O) groups is 1. The van der Waals surface area contributed by atoms with E-state index in [0.29, 0.717) is 5.92 Å². The SMILES string of the molecule is CC(CC1CC1)NC(=O)c1ccc(Cl)c(S(=O)(=O)Cl)c1. The summed E-state index contributed by atoms with van der Waals surface area (Å²) in [5, 5.41) is 2.85. The van der Waals surface area contributed by atoms with E-state index < -0.39 is 9.05 Å². The lowest BCUT2D eigenvalue weighted by Crippen LogP contribution is -2.32. The second-order valence-electron chi connectivity index (χ2n) is 5.14. The van der Waals surface area contributed by atoms with E-state index in [9.17, 15) is 13.2 Å². The standard InChI is InChI=1S/C13H15Cl2NO3S/c1-8(6-9-2-3-9)16-13(17)10-4-5-11(14)12(7-10)20(15,18)19/h4-5,7-9H,2-3,6H2,1H3,(H,16,17). The van der Waals surface area contributed by atoms with Gasteiger partial charge in [-0.3, -0.25) is 4.79 Å². The summed E-state index contributed by atoms with van der Waals surface area (Å²) in [6, 6.07) is 4.09. The lowest BCUT2D eigenvalue weighted by molar-refractivity contribution is 0.0937. The molecule has 0 spiro atoms. The topological polar surface area (TPSA) is 63.2 Å². The quantitative estimate of drug-likeness (QED) is 0.840. The van der Waals surface area contributed by atoms with Gasteiger partial charge in [0.1, 0.15) is 4.90 Å². The van der Waals surface area contributed by atoms with Crippen molar-refractivity contribution in [2.45, 2.75) is 37.1 Å². The molecule has 1 atom stereocenters. The minimum absolute atomic E-state index is 0.00239. The molecule has 2 rings (SSSR count). The van der Waals surface area contributed by atoms with Crippen LogP contribution in [0, 0.1) is 5.92 Å². The summed E-state index contributed by atoms with van der Waals surface area (Å²) in [5.41, 5.74) is 0.233. The van der Waals surface area contributed by atoms with Gasteiger partial charge in [0.15, 0.2) is 0 Å². The van der Waals surface area contributed by atoms with Gasteiger partial charge in [0.05, 0.1) is 5.02 Å². The molecule has 1 amide bonds. The first-order chi connectivity index (χ1) is 9.27. The second kappa shape index (κ2) is 5.92. The highest BCUT2D eigenvalue weighted by molar-refractivity contribution is 8.13. The number of carbonyl (C=O) groups excluding carboxylic acids is 1. The van der Waals surface area contributed by atoms with Gasteiger partial charge in [-0.15, -0.1) is 0 Å². The minimum atomic E-state index is -3.97. The summed E-state index contributed by atoms with van der Waals surface area (Å²) in [5.74, 6) is 0.380. The van der Waals surface area contributed by atoms with Gasteiger partial charge < -0.3 is 5.32 Å². The van der Waals surface area contributed by atoms with E-state index in [-0.39, 0.29) is 27.4 Å². The van der Waals surface area contributed by atoms with Gasteiger partial charge in [-0.1, -0.05) is 24.4 Å². The Kier molecular flexibility index (Phi) is 4.62. The molecule has 1 saturated carbocycles. The van der Waals surface area contributed by atoms with E-state index in [1.807, 2.05) is 6.92 Å². The molecule has 20 heavy (non-hydrogen) atoms. The van der Waals surface area contributed by atoms with Gasteiger partial charge in [0.2, 0.25) is 0 Å². The maximum Gasteiger partial charge on any atom is 0.262 e.